The van der Waals surface area contributed by atoms with Gasteiger partial charge in [-0.05, 0) is 24.1 Å². The first-order valence-corrected chi connectivity index (χ1v) is 8.91. The molecule has 0 radical (unpaired) electrons. The number of hydrogen-bond acceptors (Lipinski definition) is 3. The number of aromatic nitrogens is 3. The summed E-state index contributed by atoms with van der Waals surface area (Å²) in [6.45, 7) is 8.46. The van der Waals surface area contributed by atoms with Crippen LogP contribution in [0, 0.1) is 0 Å². The Kier molecular flexibility index (Phi) is 4.63. The highest BCUT2D eigenvalue weighted by Gasteiger charge is 2.15. The summed E-state index contributed by atoms with van der Waals surface area (Å²) in [5.41, 5.74) is 4.88. The smallest absolute Gasteiger partial charge is 0.0901 e. The standard InChI is InChI=1S/C19H22ClN3S/c1-11(2)16-6-12-5-15(20)14(7-17(12)23-16)18-10-21-13(9-22-18)8-19(3,4)24/h5-7,9-11,23-24H,8H2,1-4H3. The van der Waals surface area contributed by atoms with Gasteiger partial charge in [-0.15, -0.1) is 0 Å². The summed E-state index contributed by atoms with van der Waals surface area (Å²) in [4.78, 5) is 12.5. The van der Waals surface area contributed by atoms with E-state index in [1.165, 1.54) is 5.69 Å². The summed E-state index contributed by atoms with van der Waals surface area (Å²) in [5.74, 6) is 0.447. The van der Waals surface area contributed by atoms with Gasteiger partial charge in [-0.25, -0.2) is 0 Å². The van der Waals surface area contributed by atoms with Gasteiger partial charge in [0.05, 0.1) is 22.6 Å². The molecule has 0 aliphatic rings. The van der Waals surface area contributed by atoms with E-state index in [0.717, 1.165) is 34.3 Å². The van der Waals surface area contributed by atoms with Crippen molar-refractivity contribution in [3.8, 4) is 11.3 Å². The van der Waals surface area contributed by atoms with Crippen molar-refractivity contribution in [2.45, 2.75) is 44.8 Å². The fourth-order valence-corrected chi connectivity index (χ4v) is 3.14. The number of aromatic amines is 1. The lowest BCUT2D eigenvalue weighted by Gasteiger charge is -2.16. The number of thiol groups is 1. The molecule has 0 aliphatic heterocycles. The van der Waals surface area contributed by atoms with E-state index in [4.69, 9.17) is 11.6 Å². The predicted octanol–water partition coefficient (Wildman–Crippen LogP) is 5.65. The maximum absolute atomic E-state index is 6.48. The molecule has 2 heterocycles. The lowest BCUT2D eigenvalue weighted by molar-refractivity contribution is 0.696. The lowest BCUT2D eigenvalue weighted by Crippen LogP contribution is -2.15. The highest BCUT2D eigenvalue weighted by atomic mass is 35.5. The number of benzene rings is 1. The van der Waals surface area contributed by atoms with Crippen molar-refractivity contribution in [3.05, 3.63) is 47.0 Å². The van der Waals surface area contributed by atoms with Gasteiger partial charge >= 0.3 is 0 Å². The number of rotatable bonds is 4. The molecule has 0 amide bonds. The van der Waals surface area contributed by atoms with Crippen molar-refractivity contribution in [2.24, 2.45) is 0 Å². The molecule has 3 nitrogen and oxygen atoms in total. The zero-order valence-corrected chi connectivity index (χ0v) is 16.0. The zero-order chi connectivity index (χ0) is 17.5. The van der Waals surface area contributed by atoms with E-state index >= 15 is 0 Å². The lowest BCUT2D eigenvalue weighted by atomic mass is 10.1. The van der Waals surface area contributed by atoms with Gasteiger partial charge < -0.3 is 4.98 Å². The number of nitrogens with zero attached hydrogens (tertiary/aromatic N) is 2. The number of H-pyrrole nitrogens is 1. The Balaban J connectivity index is 1.97. The van der Waals surface area contributed by atoms with Gasteiger partial charge in [-0.2, -0.15) is 12.6 Å². The minimum absolute atomic E-state index is 0.107. The molecule has 0 saturated carbocycles. The molecule has 126 valence electrons. The molecule has 1 N–H and O–H groups in total. The van der Waals surface area contributed by atoms with Gasteiger partial charge in [0.25, 0.3) is 0 Å². The molecule has 0 atom stereocenters. The van der Waals surface area contributed by atoms with E-state index < -0.39 is 0 Å². The summed E-state index contributed by atoms with van der Waals surface area (Å²) >= 11 is 11.0. The summed E-state index contributed by atoms with van der Waals surface area (Å²) in [6.07, 6.45) is 4.36. The second kappa shape index (κ2) is 6.41. The van der Waals surface area contributed by atoms with Gasteiger partial charge in [0.1, 0.15) is 0 Å². The fourth-order valence-electron chi connectivity index (χ4n) is 2.71. The Bertz CT molecular complexity index is 861. The van der Waals surface area contributed by atoms with Crippen LogP contribution in [0.4, 0.5) is 0 Å². The van der Waals surface area contributed by atoms with Crippen LogP contribution in [0.1, 0.15) is 45.0 Å². The Morgan fingerprint density at radius 2 is 1.92 bits per heavy atom. The third-order valence-electron chi connectivity index (χ3n) is 3.95. The van der Waals surface area contributed by atoms with Crippen molar-refractivity contribution in [1.29, 1.82) is 0 Å². The maximum Gasteiger partial charge on any atom is 0.0901 e. The van der Waals surface area contributed by atoms with Crippen LogP contribution < -0.4 is 0 Å². The zero-order valence-electron chi connectivity index (χ0n) is 14.4. The van der Waals surface area contributed by atoms with E-state index in [2.05, 4.69) is 67.4 Å². The third-order valence-corrected chi connectivity index (χ3v) is 4.42. The topological polar surface area (TPSA) is 41.6 Å². The number of halogens is 1. The number of hydrogen-bond donors (Lipinski definition) is 2. The molecule has 24 heavy (non-hydrogen) atoms. The summed E-state index contributed by atoms with van der Waals surface area (Å²) in [7, 11) is 0. The molecule has 1 aromatic carbocycles. The average molecular weight is 360 g/mol. The molecule has 0 fully saturated rings. The van der Waals surface area contributed by atoms with E-state index in [1.807, 2.05) is 12.3 Å². The largest absolute Gasteiger partial charge is 0.358 e. The highest BCUT2D eigenvalue weighted by Crippen LogP contribution is 2.32. The highest BCUT2D eigenvalue weighted by molar-refractivity contribution is 7.81. The first kappa shape index (κ1) is 17.3. The Morgan fingerprint density at radius 3 is 2.50 bits per heavy atom. The van der Waals surface area contributed by atoms with Gasteiger partial charge in [0.2, 0.25) is 0 Å². The SMILES string of the molecule is CC(C)c1cc2cc(Cl)c(-c3cnc(CC(C)(C)S)cn3)cc2[nH]1. The molecular formula is C19H22ClN3S. The van der Waals surface area contributed by atoms with E-state index in [-0.39, 0.29) is 4.75 Å². The van der Waals surface area contributed by atoms with Crippen LogP contribution in [-0.2, 0) is 6.42 Å². The molecule has 0 saturated heterocycles. The second-order valence-electron chi connectivity index (χ2n) is 7.18. The first-order chi connectivity index (χ1) is 11.2. The molecule has 0 spiro atoms. The molecule has 0 aliphatic carbocycles. The van der Waals surface area contributed by atoms with Crippen molar-refractivity contribution >= 4 is 35.1 Å². The Labute approximate surface area is 153 Å². The third kappa shape index (κ3) is 3.76. The fraction of sp³-hybridized carbons (Fsp3) is 0.368. The Morgan fingerprint density at radius 1 is 1.17 bits per heavy atom. The number of nitrogens with one attached hydrogen (secondary N) is 1. The van der Waals surface area contributed by atoms with Gasteiger partial charge in [0.15, 0.2) is 0 Å². The van der Waals surface area contributed by atoms with Crippen LogP contribution in [-0.4, -0.2) is 19.7 Å². The molecule has 0 bridgehead atoms. The summed E-state index contributed by atoms with van der Waals surface area (Å²) in [5, 5.41) is 1.81. The van der Waals surface area contributed by atoms with Crippen LogP contribution in [0.5, 0.6) is 0 Å². The average Bonchev–Trinajstić information content (AvgIpc) is 2.89. The quantitative estimate of drug-likeness (QED) is 0.591. The van der Waals surface area contributed by atoms with Crippen molar-refractivity contribution < 1.29 is 0 Å². The van der Waals surface area contributed by atoms with E-state index in [1.54, 1.807) is 6.20 Å². The summed E-state index contributed by atoms with van der Waals surface area (Å²) in [6, 6.07) is 6.19. The van der Waals surface area contributed by atoms with Gasteiger partial charge in [0, 0.05) is 39.5 Å². The van der Waals surface area contributed by atoms with Crippen LogP contribution in [0.25, 0.3) is 22.2 Å². The monoisotopic (exact) mass is 359 g/mol. The van der Waals surface area contributed by atoms with E-state index in [0.29, 0.717) is 10.9 Å². The van der Waals surface area contributed by atoms with E-state index in [9.17, 15) is 0 Å². The van der Waals surface area contributed by atoms with Gasteiger partial charge in [-0.1, -0.05) is 39.3 Å². The Hall–Kier alpha value is -1.52. The molecule has 5 heteroatoms. The maximum atomic E-state index is 6.48. The van der Waals surface area contributed by atoms with Crippen LogP contribution in [0.15, 0.2) is 30.6 Å². The number of fused-ring (bicyclic) bond motifs is 1. The van der Waals surface area contributed by atoms with Crippen molar-refractivity contribution in [1.82, 2.24) is 15.0 Å². The van der Waals surface area contributed by atoms with Crippen molar-refractivity contribution in [3.63, 3.8) is 0 Å². The van der Waals surface area contributed by atoms with Crippen LogP contribution >= 0.6 is 24.2 Å². The second-order valence-corrected chi connectivity index (χ2v) is 8.80. The first-order valence-electron chi connectivity index (χ1n) is 8.09. The minimum atomic E-state index is -0.107. The van der Waals surface area contributed by atoms with Crippen LogP contribution in [0.3, 0.4) is 0 Å². The molecule has 0 unspecified atom stereocenters. The van der Waals surface area contributed by atoms with Gasteiger partial charge in [-0.3, -0.25) is 9.97 Å². The predicted molar refractivity (Wildman–Crippen MR) is 105 cm³/mol. The molecular weight excluding hydrogens is 338 g/mol. The molecule has 3 rings (SSSR count). The molecule has 3 aromatic rings. The minimum Gasteiger partial charge on any atom is -0.358 e. The molecule has 2 aromatic heterocycles. The van der Waals surface area contributed by atoms with Crippen LogP contribution in [0.2, 0.25) is 5.02 Å². The normalized spacial score (nSPS) is 12.3. The van der Waals surface area contributed by atoms with Crippen molar-refractivity contribution in [2.75, 3.05) is 0 Å². The summed E-state index contributed by atoms with van der Waals surface area (Å²) < 4.78 is -0.107.